The van der Waals surface area contributed by atoms with Crippen LogP contribution in [0.1, 0.15) is 44.6 Å². The molecule has 1 saturated carbocycles. The van der Waals surface area contributed by atoms with Crippen molar-refractivity contribution in [1.29, 1.82) is 0 Å². The Kier molecular flexibility index (Phi) is 6.22. The highest BCUT2D eigenvalue weighted by Gasteiger charge is 2.37. The van der Waals surface area contributed by atoms with Gasteiger partial charge in [0.05, 0.1) is 11.7 Å². The fourth-order valence-corrected chi connectivity index (χ4v) is 6.65. The molecule has 204 valence electrons. The average molecular weight is 573 g/mol. The Morgan fingerprint density at radius 3 is 2.65 bits per heavy atom. The molecule has 1 aromatic carbocycles. The molecule has 5 aromatic rings. The molecule has 0 radical (unpaired) electrons. The minimum absolute atomic E-state index is 0.0902. The summed E-state index contributed by atoms with van der Waals surface area (Å²) in [5.41, 5.74) is 5.54. The summed E-state index contributed by atoms with van der Waals surface area (Å²) in [7, 11) is 2.19. The van der Waals surface area contributed by atoms with Gasteiger partial charge in [0.1, 0.15) is 11.5 Å². The van der Waals surface area contributed by atoms with Crippen LogP contribution in [0, 0.1) is 5.41 Å². The summed E-state index contributed by atoms with van der Waals surface area (Å²) >= 11 is 12.8. The Hall–Kier alpha value is -3.26. The summed E-state index contributed by atoms with van der Waals surface area (Å²) < 4.78 is 0. The molecule has 7 rings (SSSR count). The normalized spacial score (nSPS) is 18.9. The topological polar surface area (TPSA) is 82.6 Å². The van der Waals surface area contributed by atoms with E-state index in [1.54, 1.807) is 18.3 Å². The van der Waals surface area contributed by atoms with Gasteiger partial charge in [-0.1, -0.05) is 37.0 Å². The summed E-state index contributed by atoms with van der Waals surface area (Å²) in [6.07, 6.45) is 9.12. The van der Waals surface area contributed by atoms with Crippen LogP contribution in [-0.2, 0) is 0 Å². The second kappa shape index (κ2) is 9.68. The highest BCUT2D eigenvalue weighted by molar-refractivity contribution is 6.35. The number of piperidine rings is 1. The van der Waals surface area contributed by atoms with Gasteiger partial charge < -0.3 is 15.2 Å². The van der Waals surface area contributed by atoms with Crippen molar-refractivity contribution in [2.45, 2.75) is 45.1 Å². The first kappa shape index (κ1) is 25.7. The number of aromatic amines is 1. The summed E-state index contributed by atoms with van der Waals surface area (Å²) in [6.45, 7) is 6.64. The van der Waals surface area contributed by atoms with Gasteiger partial charge in [-0.25, -0.2) is 15.0 Å². The number of benzene rings is 1. The molecular weight excluding hydrogens is 541 g/mol. The minimum atomic E-state index is 0.0902. The Morgan fingerprint density at radius 2 is 1.85 bits per heavy atom. The monoisotopic (exact) mass is 571 g/mol. The van der Waals surface area contributed by atoms with E-state index in [0.29, 0.717) is 27.8 Å². The van der Waals surface area contributed by atoms with Crippen LogP contribution < -0.4 is 10.2 Å². The minimum Gasteiger partial charge on any atom is -0.355 e. The standard InChI is InChI=1S/C31H31Cl2N7/c1-31(2)16-34-10-9-26(31)40(3)30-27-22(17-4-5-17)14-35-15-25(27)38-29(39-30)19-8-11-36-28-20(19)13-24(37-28)21-12-18(32)6-7-23(21)33/h6-8,11-15,17,26,34H,4-5,9-10,16H2,1-3H3,(H,36,37). The van der Waals surface area contributed by atoms with Gasteiger partial charge in [0, 0.05) is 69.7 Å². The molecule has 2 N–H and O–H groups in total. The van der Waals surface area contributed by atoms with Crippen molar-refractivity contribution < 1.29 is 0 Å². The number of anilines is 1. The van der Waals surface area contributed by atoms with Gasteiger partial charge in [-0.15, -0.1) is 0 Å². The van der Waals surface area contributed by atoms with Crippen LogP contribution in [0.2, 0.25) is 10.0 Å². The Balaban J connectivity index is 1.42. The lowest BCUT2D eigenvalue weighted by atomic mass is 9.79. The molecule has 0 bridgehead atoms. The highest BCUT2D eigenvalue weighted by Crippen LogP contribution is 2.46. The van der Waals surface area contributed by atoms with Crippen molar-refractivity contribution >= 4 is 51.0 Å². The number of nitrogens with zero attached hydrogens (tertiary/aromatic N) is 5. The Morgan fingerprint density at radius 1 is 1.00 bits per heavy atom. The molecular formula is C31H31Cl2N7. The molecule has 0 spiro atoms. The number of nitrogens with one attached hydrogen (secondary N) is 2. The number of aromatic nitrogens is 5. The molecule has 0 amide bonds. The first-order chi connectivity index (χ1) is 19.3. The Labute approximate surface area is 243 Å². The zero-order valence-corrected chi connectivity index (χ0v) is 24.3. The van der Waals surface area contributed by atoms with Crippen molar-refractivity contribution in [3.63, 3.8) is 0 Å². The van der Waals surface area contributed by atoms with Gasteiger partial charge in [0.25, 0.3) is 0 Å². The SMILES string of the molecule is CN(c1nc(-c2ccnc3[nH]c(-c4cc(Cl)ccc4Cl)cc23)nc2cncc(C3CC3)c12)C1CCNCC1(C)C. The number of hydrogen-bond acceptors (Lipinski definition) is 6. The van der Waals surface area contributed by atoms with Gasteiger partial charge >= 0.3 is 0 Å². The lowest BCUT2D eigenvalue weighted by Gasteiger charge is -2.45. The second-order valence-corrected chi connectivity index (χ2v) is 12.6. The maximum atomic E-state index is 6.54. The van der Waals surface area contributed by atoms with Crippen LogP contribution in [0.25, 0.3) is 44.6 Å². The van der Waals surface area contributed by atoms with Crippen LogP contribution in [-0.4, -0.2) is 51.1 Å². The van der Waals surface area contributed by atoms with E-state index in [1.807, 2.05) is 24.5 Å². The molecule has 7 nitrogen and oxygen atoms in total. The summed E-state index contributed by atoms with van der Waals surface area (Å²) in [4.78, 5) is 25.5. The first-order valence-electron chi connectivity index (χ1n) is 13.8. The number of hydrogen-bond donors (Lipinski definition) is 2. The van der Waals surface area contributed by atoms with Crippen LogP contribution >= 0.6 is 23.2 Å². The van der Waals surface area contributed by atoms with Gasteiger partial charge in [-0.05, 0) is 73.0 Å². The van der Waals surface area contributed by atoms with Crippen LogP contribution in [0.15, 0.2) is 48.9 Å². The molecule has 1 atom stereocenters. The van der Waals surface area contributed by atoms with Gasteiger partial charge in [0.15, 0.2) is 5.82 Å². The Bertz CT molecular complexity index is 1760. The van der Waals surface area contributed by atoms with Crippen molar-refractivity contribution in [3.05, 3.63) is 64.5 Å². The predicted molar refractivity (Wildman–Crippen MR) is 163 cm³/mol. The van der Waals surface area contributed by atoms with Crippen LogP contribution in [0.5, 0.6) is 0 Å². The summed E-state index contributed by atoms with van der Waals surface area (Å²) in [5.74, 6) is 2.16. The molecule has 1 unspecified atom stereocenters. The maximum absolute atomic E-state index is 6.54. The van der Waals surface area contributed by atoms with Gasteiger partial charge in [0.2, 0.25) is 0 Å². The van der Waals surface area contributed by atoms with Gasteiger partial charge in [-0.3, -0.25) is 4.98 Å². The molecule has 1 aliphatic carbocycles. The third-order valence-electron chi connectivity index (χ3n) is 8.50. The fraction of sp³-hybridized carbons (Fsp3) is 0.355. The van der Waals surface area contributed by atoms with E-state index >= 15 is 0 Å². The fourth-order valence-electron chi connectivity index (χ4n) is 6.26. The average Bonchev–Trinajstić information content (AvgIpc) is 3.70. The molecule has 2 aliphatic rings. The summed E-state index contributed by atoms with van der Waals surface area (Å²) in [6, 6.07) is 9.83. The first-order valence-corrected chi connectivity index (χ1v) is 14.6. The van der Waals surface area contributed by atoms with E-state index in [0.717, 1.165) is 64.1 Å². The largest absolute Gasteiger partial charge is 0.355 e. The molecule has 2 fully saturated rings. The zero-order chi connectivity index (χ0) is 27.6. The molecule has 5 heterocycles. The number of pyridine rings is 2. The highest BCUT2D eigenvalue weighted by atomic mass is 35.5. The maximum Gasteiger partial charge on any atom is 0.163 e. The van der Waals surface area contributed by atoms with E-state index in [-0.39, 0.29) is 5.41 Å². The van der Waals surface area contributed by atoms with Crippen molar-refractivity contribution in [2.24, 2.45) is 5.41 Å². The number of rotatable bonds is 5. The lowest BCUT2D eigenvalue weighted by molar-refractivity contribution is 0.215. The number of halogens is 2. The van der Waals surface area contributed by atoms with Gasteiger partial charge in [-0.2, -0.15) is 0 Å². The predicted octanol–water partition coefficient (Wildman–Crippen LogP) is 7.24. The quantitative estimate of drug-likeness (QED) is 0.231. The van der Waals surface area contributed by atoms with E-state index in [2.05, 4.69) is 52.1 Å². The molecule has 1 saturated heterocycles. The second-order valence-electron chi connectivity index (χ2n) is 11.8. The van der Waals surface area contributed by atoms with E-state index in [4.69, 9.17) is 33.2 Å². The third kappa shape index (κ3) is 4.41. The zero-order valence-electron chi connectivity index (χ0n) is 22.8. The smallest absolute Gasteiger partial charge is 0.163 e. The van der Waals surface area contributed by atoms with E-state index < -0.39 is 0 Å². The number of fused-ring (bicyclic) bond motifs is 2. The van der Waals surface area contributed by atoms with E-state index in [9.17, 15) is 0 Å². The van der Waals surface area contributed by atoms with Crippen LogP contribution in [0.4, 0.5) is 5.82 Å². The van der Waals surface area contributed by atoms with Crippen molar-refractivity contribution in [2.75, 3.05) is 25.0 Å². The van der Waals surface area contributed by atoms with Crippen molar-refractivity contribution in [1.82, 2.24) is 30.2 Å². The van der Waals surface area contributed by atoms with E-state index in [1.165, 1.54) is 18.4 Å². The summed E-state index contributed by atoms with van der Waals surface area (Å²) in [5, 5.41) is 6.86. The van der Waals surface area contributed by atoms with Crippen molar-refractivity contribution in [3.8, 4) is 22.6 Å². The molecule has 40 heavy (non-hydrogen) atoms. The molecule has 9 heteroatoms. The number of H-pyrrole nitrogens is 1. The third-order valence-corrected chi connectivity index (χ3v) is 9.07. The lowest BCUT2D eigenvalue weighted by Crippen LogP contribution is -2.53. The molecule has 1 aliphatic heterocycles. The molecule has 4 aromatic heterocycles. The van der Waals surface area contributed by atoms with Crippen LogP contribution in [0.3, 0.4) is 0 Å².